The van der Waals surface area contributed by atoms with Gasteiger partial charge in [0.15, 0.2) is 0 Å². The molecular weight excluding hydrogens is 206 g/mol. The number of carbonyl (C=O) groups is 1. The molecule has 1 saturated carbocycles. The molecule has 0 atom stereocenters. The minimum Gasteiger partial charge on any atom is -0.478 e. The minimum atomic E-state index is -0.910. The molecule has 1 aliphatic carbocycles. The normalized spacial score (nSPS) is 24.1. The highest BCUT2D eigenvalue weighted by molar-refractivity contribution is 5.88. The Hall–Kier alpha value is -1.36. The Morgan fingerprint density at radius 1 is 1.69 bits per heavy atom. The van der Waals surface area contributed by atoms with Crippen LogP contribution in [0.3, 0.4) is 0 Å². The average molecular weight is 223 g/mol. The molecule has 16 heavy (non-hydrogen) atoms. The van der Waals surface area contributed by atoms with Crippen molar-refractivity contribution in [1.29, 1.82) is 0 Å². The maximum Gasteiger partial charge on any atom is 0.339 e. The molecule has 1 heterocycles. The van der Waals surface area contributed by atoms with E-state index in [0.29, 0.717) is 18.2 Å². The largest absolute Gasteiger partial charge is 0.478 e. The van der Waals surface area contributed by atoms with Gasteiger partial charge >= 0.3 is 5.97 Å². The molecule has 0 bridgehead atoms. The number of carboxylic acids is 1. The van der Waals surface area contributed by atoms with E-state index in [1.54, 1.807) is 11.7 Å². The Morgan fingerprint density at radius 3 is 2.94 bits per heavy atom. The quantitative estimate of drug-likeness (QED) is 0.799. The summed E-state index contributed by atoms with van der Waals surface area (Å²) in [6.45, 7) is 2.81. The number of carboxylic acid groups (broad SMARTS) is 1. The maximum atomic E-state index is 10.9. The van der Waals surface area contributed by atoms with Crippen molar-refractivity contribution in [3.63, 3.8) is 0 Å². The standard InChI is InChI=1S/C11H17N3O2/c1-7-3-8(4-7)12-6-10-9(11(15)16)5-13-14(10)2/h5,7-8,12H,3-4,6H2,1-2H3,(H,15,16). The van der Waals surface area contributed by atoms with E-state index in [9.17, 15) is 4.79 Å². The summed E-state index contributed by atoms with van der Waals surface area (Å²) in [5.74, 6) is -0.116. The van der Waals surface area contributed by atoms with Gasteiger partial charge in [0.25, 0.3) is 0 Å². The summed E-state index contributed by atoms with van der Waals surface area (Å²) in [5, 5.41) is 16.3. The van der Waals surface area contributed by atoms with Gasteiger partial charge in [0.05, 0.1) is 11.9 Å². The van der Waals surface area contributed by atoms with Crippen LogP contribution in [0, 0.1) is 5.92 Å². The Labute approximate surface area is 94.5 Å². The second kappa shape index (κ2) is 4.25. The molecule has 0 spiro atoms. The number of nitrogens with zero attached hydrogens (tertiary/aromatic N) is 2. The van der Waals surface area contributed by atoms with Crippen LogP contribution in [0.2, 0.25) is 0 Å². The number of aromatic nitrogens is 2. The van der Waals surface area contributed by atoms with Crippen molar-refractivity contribution in [3.05, 3.63) is 17.5 Å². The predicted octanol–water partition coefficient (Wildman–Crippen LogP) is 1.01. The van der Waals surface area contributed by atoms with Gasteiger partial charge in [-0.1, -0.05) is 6.92 Å². The number of hydrogen-bond donors (Lipinski definition) is 2. The van der Waals surface area contributed by atoms with Crippen LogP contribution < -0.4 is 5.32 Å². The molecule has 0 aromatic carbocycles. The first kappa shape index (κ1) is 11.1. The molecule has 1 aromatic rings. The predicted molar refractivity (Wildman–Crippen MR) is 59.2 cm³/mol. The molecule has 0 saturated heterocycles. The maximum absolute atomic E-state index is 10.9. The summed E-state index contributed by atoms with van der Waals surface area (Å²) in [6.07, 6.45) is 3.77. The summed E-state index contributed by atoms with van der Waals surface area (Å²) in [5.41, 5.74) is 1.04. The number of hydrogen-bond acceptors (Lipinski definition) is 3. The molecule has 88 valence electrons. The molecule has 5 heteroatoms. The third-order valence-corrected chi connectivity index (χ3v) is 3.22. The van der Waals surface area contributed by atoms with Crippen LogP contribution in [0.4, 0.5) is 0 Å². The van der Waals surface area contributed by atoms with Crippen molar-refractivity contribution in [2.75, 3.05) is 0 Å². The summed E-state index contributed by atoms with van der Waals surface area (Å²) >= 11 is 0. The minimum absolute atomic E-state index is 0.294. The monoisotopic (exact) mass is 223 g/mol. The van der Waals surface area contributed by atoms with Gasteiger partial charge in [-0.25, -0.2) is 4.79 Å². The lowest BCUT2D eigenvalue weighted by molar-refractivity contribution is 0.0695. The van der Waals surface area contributed by atoms with Gasteiger partial charge in [0.2, 0.25) is 0 Å². The summed E-state index contributed by atoms with van der Waals surface area (Å²) in [7, 11) is 1.77. The molecule has 1 aromatic heterocycles. The molecule has 2 rings (SSSR count). The van der Waals surface area contributed by atoms with Gasteiger partial charge < -0.3 is 10.4 Å². The molecule has 0 aliphatic heterocycles. The van der Waals surface area contributed by atoms with Crippen molar-refractivity contribution in [3.8, 4) is 0 Å². The highest BCUT2D eigenvalue weighted by Gasteiger charge is 2.25. The van der Waals surface area contributed by atoms with Gasteiger partial charge in [-0.3, -0.25) is 4.68 Å². The van der Waals surface area contributed by atoms with Gasteiger partial charge in [-0.2, -0.15) is 5.10 Å². The summed E-state index contributed by atoms with van der Waals surface area (Å²) in [4.78, 5) is 10.9. The fraction of sp³-hybridized carbons (Fsp3) is 0.636. The first-order valence-corrected chi connectivity index (χ1v) is 5.55. The fourth-order valence-electron chi connectivity index (χ4n) is 2.16. The van der Waals surface area contributed by atoms with E-state index < -0.39 is 5.97 Å². The number of aromatic carboxylic acids is 1. The van der Waals surface area contributed by atoms with Crippen molar-refractivity contribution in [2.45, 2.75) is 32.4 Å². The second-order valence-electron chi connectivity index (χ2n) is 4.59. The molecule has 0 radical (unpaired) electrons. The molecule has 1 aliphatic rings. The Morgan fingerprint density at radius 2 is 2.38 bits per heavy atom. The number of nitrogens with one attached hydrogen (secondary N) is 1. The molecule has 5 nitrogen and oxygen atoms in total. The Bertz CT molecular complexity index is 394. The zero-order chi connectivity index (χ0) is 11.7. The van der Waals surface area contributed by atoms with Crippen LogP contribution in [0.25, 0.3) is 0 Å². The van der Waals surface area contributed by atoms with Crippen LogP contribution in [-0.4, -0.2) is 26.9 Å². The van der Waals surface area contributed by atoms with E-state index in [2.05, 4.69) is 17.3 Å². The fourth-order valence-corrected chi connectivity index (χ4v) is 2.16. The lowest BCUT2D eigenvalue weighted by Gasteiger charge is -2.33. The Balaban J connectivity index is 1.97. The van der Waals surface area contributed by atoms with E-state index >= 15 is 0 Å². The molecule has 0 unspecified atom stereocenters. The first-order chi connectivity index (χ1) is 7.58. The van der Waals surface area contributed by atoms with E-state index in [0.717, 1.165) is 11.6 Å². The molecular formula is C11H17N3O2. The average Bonchev–Trinajstić information content (AvgIpc) is 2.53. The van der Waals surface area contributed by atoms with Gasteiger partial charge in [0, 0.05) is 19.6 Å². The highest BCUT2D eigenvalue weighted by Crippen LogP contribution is 2.26. The molecule has 2 N–H and O–H groups in total. The van der Waals surface area contributed by atoms with Crippen LogP contribution in [-0.2, 0) is 13.6 Å². The van der Waals surface area contributed by atoms with Crippen molar-refractivity contribution >= 4 is 5.97 Å². The van der Waals surface area contributed by atoms with Crippen molar-refractivity contribution < 1.29 is 9.90 Å². The SMILES string of the molecule is CC1CC(NCc2c(C(=O)O)cnn2C)C1. The van der Waals surface area contributed by atoms with Crippen LogP contribution >= 0.6 is 0 Å². The van der Waals surface area contributed by atoms with Gasteiger partial charge in [-0.05, 0) is 18.8 Å². The van der Waals surface area contributed by atoms with E-state index in [4.69, 9.17) is 5.11 Å². The first-order valence-electron chi connectivity index (χ1n) is 5.55. The smallest absolute Gasteiger partial charge is 0.339 e. The van der Waals surface area contributed by atoms with Gasteiger partial charge in [0.1, 0.15) is 5.56 Å². The number of rotatable bonds is 4. The highest BCUT2D eigenvalue weighted by atomic mass is 16.4. The van der Waals surface area contributed by atoms with Gasteiger partial charge in [-0.15, -0.1) is 0 Å². The third kappa shape index (κ3) is 2.09. The van der Waals surface area contributed by atoms with Crippen molar-refractivity contribution in [1.82, 2.24) is 15.1 Å². The zero-order valence-electron chi connectivity index (χ0n) is 9.60. The van der Waals surface area contributed by atoms with Crippen LogP contribution in [0.1, 0.15) is 35.8 Å². The zero-order valence-corrected chi connectivity index (χ0v) is 9.60. The summed E-state index contributed by atoms with van der Waals surface area (Å²) in [6, 6.07) is 0.534. The van der Waals surface area contributed by atoms with Crippen LogP contribution in [0.5, 0.6) is 0 Å². The van der Waals surface area contributed by atoms with E-state index in [1.165, 1.54) is 19.0 Å². The molecule has 1 fully saturated rings. The number of aryl methyl sites for hydroxylation is 1. The Kier molecular flexibility index (Phi) is 2.96. The third-order valence-electron chi connectivity index (χ3n) is 3.22. The lowest BCUT2D eigenvalue weighted by Crippen LogP contribution is -2.40. The van der Waals surface area contributed by atoms with Crippen molar-refractivity contribution in [2.24, 2.45) is 13.0 Å². The molecule has 0 amide bonds. The summed E-state index contributed by atoms with van der Waals surface area (Å²) < 4.78 is 1.62. The van der Waals surface area contributed by atoms with E-state index in [-0.39, 0.29) is 0 Å². The van der Waals surface area contributed by atoms with Crippen LogP contribution in [0.15, 0.2) is 6.20 Å². The topological polar surface area (TPSA) is 67.2 Å². The second-order valence-corrected chi connectivity index (χ2v) is 4.59. The van der Waals surface area contributed by atoms with E-state index in [1.807, 2.05) is 0 Å². The lowest BCUT2D eigenvalue weighted by atomic mass is 9.82.